The van der Waals surface area contributed by atoms with Crippen molar-refractivity contribution in [3.63, 3.8) is 0 Å². The first-order valence-electron chi connectivity index (χ1n) is 7.05. The molecule has 1 aromatic heterocycles. The highest BCUT2D eigenvalue weighted by atomic mass is 32.2. The van der Waals surface area contributed by atoms with Crippen LogP contribution >= 0.6 is 11.8 Å². The van der Waals surface area contributed by atoms with Crippen LogP contribution in [0.25, 0.3) is 0 Å². The molecule has 5 heteroatoms. The summed E-state index contributed by atoms with van der Waals surface area (Å²) in [4.78, 5) is 17.5. The Labute approximate surface area is 126 Å². The zero-order valence-electron chi connectivity index (χ0n) is 12.7. The summed E-state index contributed by atoms with van der Waals surface area (Å²) in [5.41, 5.74) is 0.623. The standard InChI is InChI=1S/C15H25N3OS/c1-18(2)15(19)13-8-9-14(17-12-13)16-10-6-4-5-7-11-20-3/h8-9,12H,4-7,10-11H2,1-3H3,(H,16,17). The molecule has 1 rings (SSSR count). The second kappa shape index (κ2) is 9.64. The minimum Gasteiger partial charge on any atom is -0.370 e. The SMILES string of the molecule is CSCCCCCCNc1ccc(C(=O)N(C)C)cn1. The van der Waals surface area contributed by atoms with Gasteiger partial charge in [0.25, 0.3) is 5.91 Å². The van der Waals surface area contributed by atoms with E-state index in [-0.39, 0.29) is 5.91 Å². The topological polar surface area (TPSA) is 45.2 Å². The molecule has 0 unspecified atom stereocenters. The van der Waals surface area contributed by atoms with Gasteiger partial charge in [0, 0.05) is 26.8 Å². The van der Waals surface area contributed by atoms with E-state index in [1.807, 2.05) is 23.9 Å². The maximum absolute atomic E-state index is 11.7. The van der Waals surface area contributed by atoms with Crippen molar-refractivity contribution < 1.29 is 4.79 Å². The summed E-state index contributed by atoms with van der Waals surface area (Å²) < 4.78 is 0. The van der Waals surface area contributed by atoms with Crippen LogP contribution in [-0.2, 0) is 0 Å². The van der Waals surface area contributed by atoms with E-state index in [1.54, 1.807) is 25.2 Å². The van der Waals surface area contributed by atoms with Crippen LogP contribution in [0, 0.1) is 0 Å². The van der Waals surface area contributed by atoms with Gasteiger partial charge in [-0.15, -0.1) is 0 Å². The number of unbranched alkanes of at least 4 members (excludes halogenated alkanes) is 3. The lowest BCUT2D eigenvalue weighted by Gasteiger charge is -2.10. The largest absolute Gasteiger partial charge is 0.370 e. The summed E-state index contributed by atoms with van der Waals surface area (Å²) in [6, 6.07) is 3.68. The molecule has 0 spiro atoms. The van der Waals surface area contributed by atoms with Crippen molar-refractivity contribution in [2.75, 3.05) is 38.0 Å². The van der Waals surface area contributed by atoms with E-state index in [2.05, 4.69) is 16.6 Å². The van der Waals surface area contributed by atoms with Crippen LogP contribution in [0.15, 0.2) is 18.3 Å². The summed E-state index contributed by atoms with van der Waals surface area (Å²) in [6.07, 6.45) is 8.80. The molecule has 0 fully saturated rings. The fourth-order valence-electron chi connectivity index (χ4n) is 1.82. The number of aromatic nitrogens is 1. The summed E-state index contributed by atoms with van der Waals surface area (Å²) in [5.74, 6) is 2.08. The van der Waals surface area contributed by atoms with Crippen LogP contribution < -0.4 is 5.32 Å². The van der Waals surface area contributed by atoms with Crippen molar-refractivity contribution in [2.24, 2.45) is 0 Å². The van der Waals surface area contributed by atoms with E-state index in [0.717, 1.165) is 18.8 Å². The van der Waals surface area contributed by atoms with Gasteiger partial charge in [0.05, 0.1) is 5.56 Å². The predicted octanol–water partition coefficient (Wildman–Crippen LogP) is 3.12. The van der Waals surface area contributed by atoms with Crippen LogP contribution in [0.1, 0.15) is 36.0 Å². The second-order valence-electron chi connectivity index (χ2n) is 4.97. The molecule has 1 amide bonds. The maximum Gasteiger partial charge on any atom is 0.254 e. The minimum absolute atomic E-state index is 0.0159. The monoisotopic (exact) mass is 295 g/mol. The normalized spacial score (nSPS) is 10.3. The predicted molar refractivity (Wildman–Crippen MR) is 87.6 cm³/mol. The molecule has 4 nitrogen and oxygen atoms in total. The third-order valence-corrected chi connectivity index (χ3v) is 3.69. The molecule has 0 aliphatic rings. The average molecular weight is 295 g/mol. The molecule has 1 N–H and O–H groups in total. The van der Waals surface area contributed by atoms with E-state index in [0.29, 0.717) is 5.56 Å². The van der Waals surface area contributed by atoms with Gasteiger partial charge in [-0.05, 0) is 37.0 Å². The second-order valence-corrected chi connectivity index (χ2v) is 5.95. The van der Waals surface area contributed by atoms with Gasteiger partial charge in [0.1, 0.15) is 5.82 Å². The summed E-state index contributed by atoms with van der Waals surface area (Å²) in [5, 5.41) is 3.29. The quantitative estimate of drug-likeness (QED) is 0.711. The van der Waals surface area contributed by atoms with E-state index in [1.165, 1.54) is 25.0 Å². The average Bonchev–Trinajstić information content (AvgIpc) is 2.46. The third kappa shape index (κ3) is 6.28. The van der Waals surface area contributed by atoms with Crippen LogP contribution in [0.2, 0.25) is 0 Å². The molecule has 0 bridgehead atoms. The molecule has 0 saturated heterocycles. The molecule has 0 saturated carbocycles. The van der Waals surface area contributed by atoms with Crippen LogP contribution in [-0.4, -0.2) is 48.4 Å². The lowest BCUT2D eigenvalue weighted by molar-refractivity contribution is 0.0827. The van der Waals surface area contributed by atoms with E-state index in [4.69, 9.17) is 0 Å². The molecule has 20 heavy (non-hydrogen) atoms. The van der Waals surface area contributed by atoms with Crippen molar-refractivity contribution in [1.82, 2.24) is 9.88 Å². The molecule has 0 aliphatic heterocycles. The van der Waals surface area contributed by atoms with Gasteiger partial charge in [-0.1, -0.05) is 12.8 Å². The Hall–Kier alpha value is -1.23. The van der Waals surface area contributed by atoms with Crippen LogP contribution in [0.5, 0.6) is 0 Å². The van der Waals surface area contributed by atoms with Gasteiger partial charge in [-0.2, -0.15) is 11.8 Å². The Morgan fingerprint density at radius 1 is 1.25 bits per heavy atom. The number of hydrogen-bond donors (Lipinski definition) is 1. The van der Waals surface area contributed by atoms with Gasteiger partial charge < -0.3 is 10.2 Å². The number of nitrogens with one attached hydrogen (secondary N) is 1. The van der Waals surface area contributed by atoms with Crippen molar-refractivity contribution >= 4 is 23.5 Å². The van der Waals surface area contributed by atoms with E-state index >= 15 is 0 Å². The van der Waals surface area contributed by atoms with Gasteiger partial charge in [-0.3, -0.25) is 4.79 Å². The Kier molecular flexibility index (Phi) is 8.11. The Balaban J connectivity index is 2.23. The van der Waals surface area contributed by atoms with E-state index in [9.17, 15) is 4.79 Å². The summed E-state index contributed by atoms with van der Waals surface area (Å²) >= 11 is 1.91. The number of thioether (sulfide) groups is 1. The Morgan fingerprint density at radius 2 is 2.00 bits per heavy atom. The van der Waals surface area contributed by atoms with Crippen molar-refractivity contribution in [3.8, 4) is 0 Å². The number of nitrogens with zero attached hydrogens (tertiary/aromatic N) is 2. The molecular weight excluding hydrogens is 270 g/mol. The fraction of sp³-hybridized carbons (Fsp3) is 0.600. The molecule has 0 aromatic carbocycles. The van der Waals surface area contributed by atoms with Crippen molar-refractivity contribution in [1.29, 1.82) is 0 Å². The zero-order valence-corrected chi connectivity index (χ0v) is 13.5. The number of rotatable bonds is 9. The molecule has 112 valence electrons. The zero-order chi connectivity index (χ0) is 14.8. The first-order valence-corrected chi connectivity index (χ1v) is 8.45. The van der Waals surface area contributed by atoms with Crippen LogP contribution in [0.4, 0.5) is 5.82 Å². The van der Waals surface area contributed by atoms with Crippen molar-refractivity contribution in [2.45, 2.75) is 25.7 Å². The highest BCUT2D eigenvalue weighted by molar-refractivity contribution is 7.98. The van der Waals surface area contributed by atoms with Crippen LogP contribution in [0.3, 0.4) is 0 Å². The number of pyridine rings is 1. The highest BCUT2D eigenvalue weighted by Crippen LogP contribution is 2.08. The number of anilines is 1. The fourth-order valence-corrected chi connectivity index (χ4v) is 2.32. The molecule has 0 radical (unpaired) electrons. The number of hydrogen-bond acceptors (Lipinski definition) is 4. The summed E-state index contributed by atoms with van der Waals surface area (Å²) in [6.45, 7) is 0.938. The molecule has 1 aromatic rings. The molecule has 0 atom stereocenters. The first-order chi connectivity index (χ1) is 9.65. The minimum atomic E-state index is -0.0159. The number of carbonyl (C=O) groups is 1. The lowest BCUT2D eigenvalue weighted by atomic mass is 10.2. The maximum atomic E-state index is 11.7. The van der Waals surface area contributed by atoms with Gasteiger partial charge >= 0.3 is 0 Å². The first kappa shape index (κ1) is 16.8. The smallest absolute Gasteiger partial charge is 0.254 e. The van der Waals surface area contributed by atoms with Gasteiger partial charge in [-0.25, -0.2) is 4.98 Å². The Bertz CT molecular complexity index is 393. The molecule has 0 aliphatic carbocycles. The highest BCUT2D eigenvalue weighted by Gasteiger charge is 2.07. The van der Waals surface area contributed by atoms with Gasteiger partial charge in [0.15, 0.2) is 0 Å². The van der Waals surface area contributed by atoms with Crippen molar-refractivity contribution in [3.05, 3.63) is 23.9 Å². The van der Waals surface area contributed by atoms with Gasteiger partial charge in [0.2, 0.25) is 0 Å². The molecule has 1 heterocycles. The Morgan fingerprint density at radius 3 is 2.60 bits per heavy atom. The third-order valence-electron chi connectivity index (χ3n) is 3.00. The van der Waals surface area contributed by atoms with E-state index < -0.39 is 0 Å². The molecular formula is C15H25N3OS. The number of amides is 1. The lowest BCUT2D eigenvalue weighted by Crippen LogP contribution is -2.21. The summed E-state index contributed by atoms with van der Waals surface area (Å²) in [7, 11) is 3.48. The number of carbonyl (C=O) groups excluding carboxylic acids is 1.